The molecule has 0 spiro atoms. The second-order valence-corrected chi connectivity index (χ2v) is 6.79. The van der Waals surface area contributed by atoms with Crippen LogP contribution in [0.25, 0.3) is 32.7 Å². The van der Waals surface area contributed by atoms with Crippen LogP contribution in [0.15, 0.2) is 48.7 Å². The Morgan fingerprint density at radius 1 is 1.08 bits per heavy atom. The first-order valence-electron chi connectivity index (χ1n) is 8.05. The first kappa shape index (κ1) is 15.0. The van der Waals surface area contributed by atoms with E-state index in [2.05, 4.69) is 15.2 Å². The Bertz CT molecular complexity index is 1250. The standard InChI is InChI=1S/C18H14N6OS/c1-11-15(23-9-4-3-8-14(23)19-11)16-20-21-18-24(16)22-17(26-18)12-6-5-7-13(10-12)25-2/h3-10H,1-2H3. The quantitative estimate of drug-likeness (QED) is 0.491. The van der Waals surface area contributed by atoms with Crippen LogP contribution < -0.4 is 4.74 Å². The van der Waals surface area contributed by atoms with E-state index in [4.69, 9.17) is 9.84 Å². The number of pyridine rings is 1. The smallest absolute Gasteiger partial charge is 0.235 e. The molecule has 0 amide bonds. The number of aromatic nitrogens is 6. The third kappa shape index (κ3) is 2.19. The summed E-state index contributed by atoms with van der Waals surface area (Å²) >= 11 is 1.49. The Morgan fingerprint density at radius 3 is 2.88 bits per heavy atom. The lowest BCUT2D eigenvalue weighted by Gasteiger charge is -2.01. The lowest BCUT2D eigenvalue weighted by molar-refractivity contribution is 0.415. The fourth-order valence-corrected chi connectivity index (χ4v) is 3.86. The third-order valence-corrected chi connectivity index (χ3v) is 5.17. The highest BCUT2D eigenvalue weighted by atomic mass is 32.1. The summed E-state index contributed by atoms with van der Waals surface area (Å²) in [5.74, 6) is 1.48. The molecule has 26 heavy (non-hydrogen) atoms. The predicted octanol–water partition coefficient (Wildman–Crippen LogP) is 3.48. The van der Waals surface area contributed by atoms with Gasteiger partial charge in [0.1, 0.15) is 22.1 Å². The number of fused-ring (bicyclic) bond motifs is 2. The molecule has 0 unspecified atom stereocenters. The average molecular weight is 362 g/mol. The van der Waals surface area contributed by atoms with Crippen molar-refractivity contribution in [3.05, 3.63) is 54.4 Å². The normalized spacial score (nSPS) is 11.5. The zero-order valence-corrected chi connectivity index (χ0v) is 14.9. The predicted molar refractivity (Wildman–Crippen MR) is 99.6 cm³/mol. The van der Waals surface area contributed by atoms with Crippen LogP contribution in [-0.2, 0) is 0 Å². The molecule has 0 saturated heterocycles. The lowest BCUT2D eigenvalue weighted by Crippen LogP contribution is -1.96. The highest BCUT2D eigenvalue weighted by molar-refractivity contribution is 7.19. The van der Waals surface area contributed by atoms with E-state index in [1.54, 1.807) is 11.6 Å². The maximum Gasteiger partial charge on any atom is 0.235 e. The Kier molecular flexibility index (Phi) is 3.26. The molecular formula is C18H14N6OS. The van der Waals surface area contributed by atoms with Crippen LogP contribution >= 0.6 is 11.3 Å². The summed E-state index contributed by atoms with van der Waals surface area (Å²) in [6.07, 6.45) is 1.97. The van der Waals surface area contributed by atoms with E-state index < -0.39 is 0 Å². The minimum absolute atomic E-state index is 0.682. The molecule has 0 fully saturated rings. The first-order valence-corrected chi connectivity index (χ1v) is 8.87. The van der Waals surface area contributed by atoms with Gasteiger partial charge in [-0.15, -0.1) is 10.2 Å². The molecule has 5 aromatic rings. The van der Waals surface area contributed by atoms with Gasteiger partial charge in [-0.3, -0.25) is 4.40 Å². The maximum atomic E-state index is 5.31. The number of aryl methyl sites for hydroxylation is 1. The second kappa shape index (κ2) is 5.63. The van der Waals surface area contributed by atoms with Crippen LogP contribution in [0.2, 0.25) is 0 Å². The Labute approximate surface area is 152 Å². The second-order valence-electron chi connectivity index (χ2n) is 5.83. The van der Waals surface area contributed by atoms with Crippen molar-refractivity contribution in [2.45, 2.75) is 6.92 Å². The molecule has 0 radical (unpaired) electrons. The molecule has 5 rings (SSSR count). The van der Waals surface area contributed by atoms with E-state index in [1.165, 1.54) is 11.3 Å². The third-order valence-electron chi connectivity index (χ3n) is 4.22. The summed E-state index contributed by atoms with van der Waals surface area (Å²) in [6.45, 7) is 1.97. The minimum atomic E-state index is 0.682. The number of methoxy groups -OCH3 is 1. The first-order chi connectivity index (χ1) is 12.7. The van der Waals surface area contributed by atoms with Gasteiger partial charge in [-0.25, -0.2) is 4.98 Å². The van der Waals surface area contributed by atoms with Gasteiger partial charge in [0.2, 0.25) is 10.8 Å². The van der Waals surface area contributed by atoms with Gasteiger partial charge in [0.05, 0.1) is 12.8 Å². The number of imidazole rings is 1. The molecule has 0 aliphatic heterocycles. The summed E-state index contributed by atoms with van der Waals surface area (Å²) in [4.78, 5) is 5.34. The number of nitrogens with zero attached hydrogens (tertiary/aromatic N) is 6. The van der Waals surface area contributed by atoms with Crippen LogP contribution in [-0.4, -0.2) is 36.3 Å². The van der Waals surface area contributed by atoms with Crippen molar-refractivity contribution in [2.75, 3.05) is 7.11 Å². The van der Waals surface area contributed by atoms with Crippen molar-refractivity contribution in [1.82, 2.24) is 29.2 Å². The highest BCUT2D eigenvalue weighted by Crippen LogP contribution is 2.31. The highest BCUT2D eigenvalue weighted by Gasteiger charge is 2.20. The van der Waals surface area contributed by atoms with Crippen molar-refractivity contribution < 1.29 is 4.74 Å². The van der Waals surface area contributed by atoms with Gasteiger partial charge in [-0.2, -0.15) is 9.61 Å². The molecular weight excluding hydrogens is 348 g/mol. The van der Waals surface area contributed by atoms with Crippen LogP contribution in [0.5, 0.6) is 5.75 Å². The van der Waals surface area contributed by atoms with E-state index in [0.717, 1.165) is 38.3 Å². The number of rotatable bonds is 3. The number of hydrogen-bond donors (Lipinski definition) is 0. The summed E-state index contributed by atoms with van der Waals surface area (Å²) in [7, 11) is 1.66. The molecule has 7 nitrogen and oxygen atoms in total. The van der Waals surface area contributed by atoms with Crippen molar-refractivity contribution in [3.63, 3.8) is 0 Å². The summed E-state index contributed by atoms with van der Waals surface area (Å²) in [6, 6.07) is 13.7. The Balaban J connectivity index is 1.70. The van der Waals surface area contributed by atoms with Gasteiger partial charge in [0.25, 0.3) is 0 Å². The van der Waals surface area contributed by atoms with Gasteiger partial charge in [0.15, 0.2) is 0 Å². The van der Waals surface area contributed by atoms with Crippen molar-refractivity contribution in [2.24, 2.45) is 0 Å². The van der Waals surface area contributed by atoms with Gasteiger partial charge in [0, 0.05) is 11.8 Å². The van der Waals surface area contributed by atoms with Crippen molar-refractivity contribution in [1.29, 1.82) is 0 Å². The Morgan fingerprint density at radius 2 is 2.00 bits per heavy atom. The fraction of sp³-hybridized carbons (Fsp3) is 0.111. The van der Waals surface area contributed by atoms with Gasteiger partial charge in [-0.1, -0.05) is 29.5 Å². The topological polar surface area (TPSA) is 69.6 Å². The minimum Gasteiger partial charge on any atom is -0.497 e. The monoisotopic (exact) mass is 362 g/mol. The number of ether oxygens (including phenoxy) is 1. The zero-order valence-electron chi connectivity index (χ0n) is 14.1. The molecule has 0 aliphatic rings. The molecule has 0 atom stereocenters. The van der Waals surface area contributed by atoms with Crippen LogP contribution in [0.4, 0.5) is 0 Å². The summed E-state index contributed by atoms with van der Waals surface area (Å²) in [5, 5.41) is 14.3. The average Bonchev–Trinajstić information content (AvgIpc) is 3.33. The fourth-order valence-electron chi connectivity index (χ4n) is 3.02. The SMILES string of the molecule is COc1cccc(-c2nn3c(-c4c(C)nc5ccccn45)nnc3s2)c1. The molecule has 0 bridgehead atoms. The zero-order chi connectivity index (χ0) is 17.7. The maximum absolute atomic E-state index is 5.31. The molecule has 4 heterocycles. The van der Waals surface area contributed by atoms with Crippen LogP contribution in [0.3, 0.4) is 0 Å². The van der Waals surface area contributed by atoms with Crippen molar-refractivity contribution >= 4 is 21.9 Å². The molecule has 128 valence electrons. The molecule has 1 aromatic carbocycles. The molecule has 8 heteroatoms. The summed E-state index contributed by atoms with van der Waals surface area (Å²) < 4.78 is 9.10. The van der Waals surface area contributed by atoms with E-state index >= 15 is 0 Å². The van der Waals surface area contributed by atoms with Crippen molar-refractivity contribution in [3.8, 4) is 27.8 Å². The largest absolute Gasteiger partial charge is 0.497 e. The molecule has 0 aliphatic carbocycles. The molecule has 4 aromatic heterocycles. The lowest BCUT2D eigenvalue weighted by atomic mass is 10.2. The molecule has 0 N–H and O–H groups in total. The van der Waals surface area contributed by atoms with Gasteiger partial charge < -0.3 is 4.74 Å². The van der Waals surface area contributed by atoms with E-state index in [0.29, 0.717) is 5.82 Å². The van der Waals surface area contributed by atoms with Gasteiger partial charge >= 0.3 is 0 Å². The van der Waals surface area contributed by atoms with Gasteiger partial charge in [-0.05, 0) is 31.2 Å². The van der Waals surface area contributed by atoms with E-state index in [1.807, 2.05) is 60.0 Å². The number of hydrogen-bond acceptors (Lipinski definition) is 6. The Hall–Kier alpha value is -3.26. The number of benzene rings is 1. The van der Waals surface area contributed by atoms with Crippen LogP contribution in [0, 0.1) is 6.92 Å². The van der Waals surface area contributed by atoms with E-state index in [-0.39, 0.29) is 0 Å². The summed E-state index contributed by atoms with van der Waals surface area (Å²) in [5.41, 5.74) is 3.65. The van der Waals surface area contributed by atoms with E-state index in [9.17, 15) is 0 Å². The van der Waals surface area contributed by atoms with Crippen LogP contribution in [0.1, 0.15) is 5.69 Å². The molecule has 0 saturated carbocycles.